The van der Waals surface area contributed by atoms with E-state index in [1.165, 1.54) is 28.3 Å². The Morgan fingerprint density at radius 3 is 2.23 bits per heavy atom. The molecular formula is C32H36N6OS. The summed E-state index contributed by atoms with van der Waals surface area (Å²) < 4.78 is 7.88. The van der Waals surface area contributed by atoms with E-state index in [-0.39, 0.29) is 12.1 Å². The second kappa shape index (κ2) is 10.9. The number of ether oxygens (including phenoxy) is 1. The molecule has 6 rings (SSSR count). The quantitative estimate of drug-likeness (QED) is 0.314. The van der Waals surface area contributed by atoms with Crippen molar-refractivity contribution in [3.63, 3.8) is 0 Å². The Bertz CT molecular complexity index is 1480. The first-order chi connectivity index (χ1) is 19.4. The molecule has 0 aliphatic carbocycles. The van der Waals surface area contributed by atoms with Crippen LogP contribution >= 0.6 is 12.2 Å². The number of thiocarbonyl (C=S) groups is 1. The Labute approximate surface area is 242 Å². The van der Waals surface area contributed by atoms with Gasteiger partial charge in [-0.25, -0.2) is 0 Å². The minimum atomic E-state index is -0.0855. The third kappa shape index (κ3) is 4.82. The van der Waals surface area contributed by atoms with E-state index in [0.29, 0.717) is 5.11 Å². The minimum absolute atomic E-state index is 0.0577. The number of pyridine rings is 1. The van der Waals surface area contributed by atoms with Crippen LogP contribution < -0.4 is 20.0 Å². The summed E-state index contributed by atoms with van der Waals surface area (Å²) in [6.07, 6.45) is 1.85. The zero-order valence-corrected chi connectivity index (χ0v) is 24.4. The van der Waals surface area contributed by atoms with Gasteiger partial charge in [-0.2, -0.15) is 0 Å². The second-order valence-corrected chi connectivity index (χ2v) is 11.1. The number of hydrogen-bond acceptors (Lipinski definition) is 5. The van der Waals surface area contributed by atoms with Crippen LogP contribution in [0.4, 0.5) is 17.1 Å². The van der Waals surface area contributed by atoms with Crippen LogP contribution in [0.3, 0.4) is 0 Å². The molecule has 4 aromatic rings. The standard InChI is InChI=1S/C32H36N6OS/c1-22-21-28(23(2)37(22)26-12-8-24(9-13-26)35(3)4)31-30(29-7-5-6-16-33-29)34-32(40)38(31)27-14-10-25(11-15-27)36-17-19-39-20-18-36/h5-16,21,30-31H,17-20H2,1-4H3,(H,34,40). The summed E-state index contributed by atoms with van der Waals surface area (Å²) in [7, 11) is 4.13. The second-order valence-electron chi connectivity index (χ2n) is 10.7. The number of aryl methyl sites for hydroxylation is 1. The van der Waals surface area contributed by atoms with Crippen molar-refractivity contribution in [1.29, 1.82) is 0 Å². The van der Waals surface area contributed by atoms with Gasteiger partial charge in [-0.3, -0.25) is 4.98 Å². The highest BCUT2D eigenvalue weighted by atomic mass is 32.1. The molecule has 2 aliphatic rings. The Morgan fingerprint density at radius 2 is 1.57 bits per heavy atom. The summed E-state index contributed by atoms with van der Waals surface area (Å²) in [5.41, 5.74) is 9.19. The molecule has 2 aromatic heterocycles. The number of morpholine rings is 1. The summed E-state index contributed by atoms with van der Waals surface area (Å²) in [5, 5.41) is 4.32. The summed E-state index contributed by atoms with van der Waals surface area (Å²) in [4.78, 5) is 11.5. The lowest BCUT2D eigenvalue weighted by molar-refractivity contribution is 0.122. The van der Waals surface area contributed by atoms with Crippen molar-refractivity contribution in [2.24, 2.45) is 0 Å². The van der Waals surface area contributed by atoms with Crippen molar-refractivity contribution in [1.82, 2.24) is 14.9 Å². The maximum absolute atomic E-state index is 6.00. The van der Waals surface area contributed by atoms with E-state index < -0.39 is 0 Å². The molecule has 8 heteroatoms. The van der Waals surface area contributed by atoms with Crippen LogP contribution in [0.25, 0.3) is 5.69 Å². The molecule has 2 atom stereocenters. The van der Waals surface area contributed by atoms with Gasteiger partial charge in [-0.15, -0.1) is 0 Å². The molecule has 2 aliphatic heterocycles. The van der Waals surface area contributed by atoms with E-state index in [0.717, 1.165) is 43.4 Å². The number of anilines is 3. The predicted molar refractivity (Wildman–Crippen MR) is 167 cm³/mol. The monoisotopic (exact) mass is 552 g/mol. The largest absolute Gasteiger partial charge is 0.378 e. The Balaban J connectivity index is 1.41. The summed E-state index contributed by atoms with van der Waals surface area (Å²) in [6.45, 7) is 7.74. The first-order valence-corrected chi connectivity index (χ1v) is 14.2. The highest BCUT2D eigenvalue weighted by Crippen LogP contribution is 2.44. The third-order valence-electron chi connectivity index (χ3n) is 8.02. The Kier molecular flexibility index (Phi) is 7.21. The lowest BCUT2D eigenvalue weighted by Gasteiger charge is -2.31. The molecule has 4 heterocycles. The van der Waals surface area contributed by atoms with Crippen LogP contribution in [0.1, 0.15) is 34.7 Å². The highest BCUT2D eigenvalue weighted by Gasteiger charge is 2.42. The molecule has 2 aromatic carbocycles. The Morgan fingerprint density at radius 1 is 0.900 bits per heavy atom. The van der Waals surface area contributed by atoms with E-state index >= 15 is 0 Å². The molecule has 2 saturated heterocycles. The zero-order chi connectivity index (χ0) is 27.8. The van der Waals surface area contributed by atoms with Gasteiger partial charge in [0.1, 0.15) is 0 Å². The van der Waals surface area contributed by atoms with Gasteiger partial charge in [0.05, 0.1) is 31.0 Å². The SMILES string of the molecule is Cc1cc(C2C(c3ccccn3)NC(=S)N2c2ccc(N3CCOCC3)cc2)c(C)n1-c1ccc(N(C)C)cc1. The van der Waals surface area contributed by atoms with Gasteiger partial charge in [-0.1, -0.05) is 6.07 Å². The molecule has 0 radical (unpaired) electrons. The van der Waals surface area contributed by atoms with Crippen molar-refractivity contribution in [2.45, 2.75) is 25.9 Å². The number of aromatic nitrogens is 2. The van der Waals surface area contributed by atoms with Crippen LogP contribution in [0.15, 0.2) is 79.0 Å². The van der Waals surface area contributed by atoms with Crippen molar-refractivity contribution in [3.8, 4) is 5.69 Å². The van der Waals surface area contributed by atoms with Crippen LogP contribution in [0.2, 0.25) is 0 Å². The average Bonchev–Trinajstić information content (AvgIpc) is 3.48. The smallest absolute Gasteiger partial charge is 0.174 e. The van der Waals surface area contributed by atoms with Gasteiger partial charge in [0.15, 0.2) is 5.11 Å². The van der Waals surface area contributed by atoms with Gasteiger partial charge in [0, 0.05) is 67.5 Å². The molecule has 206 valence electrons. The number of nitrogens with zero attached hydrogens (tertiary/aromatic N) is 5. The first-order valence-electron chi connectivity index (χ1n) is 13.8. The van der Waals surface area contributed by atoms with Crippen LogP contribution in [0, 0.1) is 13.8 Å². The molecule has 0 bridgehead atoms. The van der Waals surface area contributed by atoms with Gasteiger partial charge < -0.3 is 29.3 Å². The molecule has 1 N–H and O–H groups in total. The number of benzene rings is 2. The summed E-state index contributed by atoms with van der Waals surface area (Å²) in [5.74, 6) is 0. The molecule has 0 saturated carbocycles. The molecule has 0 spiro atoms. The van der Waals surface area contributed by atoms with E-state index in [2.05, 4.69) is 113 Å². The summed E-state index contributed by atoms with van der Waals surface area (Å²) >= 11 is 6.00. The van der Waals surface area contributed by atoms with Crippen molar-refractivity contribution in [3.05, 3.63) is 102 Å². The topological polar surface area (TPSA) is 48.8 Å². The van der Waals surface area contributed by atoms with Crippen molar-refractivity contribution in [2.75, 3.05) is 55.1 Å². The van der Waals surface area contributed by atoms with Crippen molar-refractivity contribution >= 4 is 34.4 Å². The maximum atomic E-state index is 6.00. The molecule has 40 heavy (non-hydrogen) atoms. The van der Waals surface area contributed by atoms with Crippen LogP contribution in [-0.2, 0) is 4.74 Å². The lowest BCUT2D eigenvalue weighted by Crippen LogP contribution is -2.36. The fourth-order valence-corrected chi connectivity index (χ4v) is 6.32. The van der Waals surface area contributed by atoms with E-state index in [1.54, 1.807) is 0 Å². The first kappa shape index (κ1) is 26.3. The van der Waals surface area contributed by atoms with Crippen LogP contribution in [-0.4, -0.2) is 55.1 Å². The molecular weight excluding hydrogens is 516 g/mol. The molecule has 0 amide bonds. The van der Waals surface area contributed by atoms with Crippen molar-refractivity contribution < 1.29 is 4.74 Å². The number of nitrogens with one attached hydrogen (secondary N) is 1. The fourth-order valence-electron chi connectivity index (χ4n) is 5.98. The predicted octanol–water partition coefficient (Wildman–Crippen LogP) is 5.57. The average molecular weight is 553 g/mol. The Hall–Kier alpha value is -3.88. The van der Waals surface area contributed by atoms with Gasteiger partial charge >= 0.3 is 0 Å². The van der Waals surface area contributed by atoms with Crippen LogP contribution in [0.5, 0.6) is 0 Å². The lowest BCUT2D eigenvalue weighted by atomic mass is 9.96. The van der Waals surface area contributed by atoms with E-state index in [4.69, 9.17) is 21.9 Å². The number of hydrogen-bond donors (Lipinski definition) is 1. The minimum Gasteiger partial charge on any atom is -0.378 e. The molecule has 7 nitrogen and oxygen atoms in total. The molecule has 2 fully saturated rings. The van der Waals surface area contributed by atoms with E-state index in [9.17, 15) is 0 Å². The highest BCUT2D eigenvalue weighted by molar-refractivity contribution is 7.80. The zero-order valence-electron chi connectivity index (χ0n) is 23.5. The third-order valence-corrected chi connectivity index (χ3v) is 8.33. The van der Waals surface area contributed by atoms with Gasteiger partial charge in [0.2, 0.25) is 0 Å². The van der Waals surface area contributed by atoms with Gasteiger partial charge in [-0.05, 0) is 98.4 Å². The number of rotatable bonds is 6. The van der Waals surface area contributed by atoms with Gasteiger partial charge in [0.25, 0.3) is 0 Å². The normalized spacial score (nSPS) is 19.1. The van der Waals surface area contributed by atoms with E-state index in [1.807, 2.05) is 18.3 Å². The molecule has 2 unspecified atom stereocenters. The summed E-state index contributed by atoms with van der Waals surface area (Å²) in [6, 6.07) is 25.7. The maximum Gasteiger partial charge on any atom is 0.174 e. The fraction of sp³-hybridized carbons (Fsp3) is 0.312.